The van der Waals surface area contributed by atoms with Crippen molar-refractivity contribution < 1.29 is 9.18 Å². The Bertz CT molecular complexity index is 1070. The van der Waals surface area contributed by atoms with E-state index in [0.29, 0.717) is 6.54 Å². The highest BCUT2D eigenvalue weighted by Crippen LogP contribution is 2.24. The first kappa shape index (κ1) is 19.8. The molecule has 0 saturated carbocycles. The molecule has 2 aromatic carbocycles. The van der Waals surface area contributed by atoms with Crippen LogP contribution in [-0.2, 0) is 17.9 Å². The number of carbonyl (C=O) groups excluding carboxylic acids is 1. The number of hydrogen-bond donors (Lipinski definition) is 1. The third-order valence-corrected chi connectivity index (χ3v) is 6.47. The lowest BCUT2D eigenvalue weighted by Gasteiger charge is -2.31. The molecule has 1 N–H and O–H groups in total. The molecule has 5 nitrogen and oxygen atoms in total. The molecule has 0 aliphatic carbocycles. The molecule has 1 aliphatic rings. The monoisotopic (exact) mass is 413 g/mol. The van der Waals surface area contributed by atoms with Crippen molar-refractivity contribution in [3.63, 3.8) is 0 Å². The van der Waals surface area contributed by atoms with E-state index in [1.165, 1.54) is 23.5 Å². The number of carbonyl (C=O) groups is 1. The van der Waals surface area contributed by atoms with E-state index >= 15 is 0 Å². The van der Waals surface area contributed by atoms with Crippen molar-refractivity contribution in [3.05, 3.63) is 63.5 Å². The molecule has 4 rings (SSSR count). The van der Waals surface area contributed by atoms with Gasteiger partial charge < -0.3 is 5.32 Å². The van der Waals surface area contributed by atoms with Crippen molar-refractivity contribution in [2.75, 3.05) is 18.4 Å². The van der Waals surface area contributed by atoms with Crippen LogP contribution in [0.2, 0.25) is 0 Å². The van der Waals surface area contributed by atoms with Gasteiger partial charge in [-0.25, -0.2) is 4.39 Å². The van der Waals surface area contributed by atoms with Crippen LogP contribution in [0.5, 0.6) is 0 Å². The number of aromatic nitrogens is 1. The summed E-state index contributed by atoms with van der Waals surface area (Å²) in [6, 6.07) is 12.2. The smallest absolute Gasteiger partial charge is 0.308 e. The highest BCUT2D eigenvalue weighted by molar-refractivity contribution is 7.16. The molecule has 1 fully saturated rings. The lowest BCUT2D eigenvalue weighted by molar-refractivity contribution is -0.121. The van der Waals surface area contributed by atoms with Crippen LogP contribution in [0, 0.1) is 11.7 Å². The summed E-state index contributed by atoms with van der Waals surface area (Å²) >= 11 is 1.21. The maximum atomic E-state index is 13.0. The average Bonchev–Trinajstić information content (AvgIpc) is 3.04. The van der Waals surface area contributed by atoms with Crippen LogP contribution < -0.4 is 10.2 Å². The molecular formula is C22H24FN3O2S. The fraction of sp³-hybridized carbons (Fsp3) is 0.364. The topological polar surface area (TPSA) is 54.3 Å². The summed E-state index contributed by atoms with van der Waals surface area (Å²) in [6.07, 6.45) is 1.60. The number of hydrogen-bond acceptors (Lipinski definition) is 4. The molecule has 0 spiro atoms. The fourth-order valence-corrected chi connectivity index (χ4v) is 4.88. The van der Waals surface area contributed by atoms with Crippen LogP contribution >= 0.6 is 11.3 Å². The zero-order valence-electron chi connectivity index (χ0n) is 16.4. The number of amides is 1. The second kappa shape index (κ2) is 8.47. The zero-order valence-corrected chi connectivity index (χ0v) is 17.2. The first-order valence-corrected chi connectivity index (χ1v) is 10.8. The standard InChI is InChI=1S/C22H24FN3O2S/c1-2-26-19-8-7-18(13-20(19)29-22(26)28)24-21(27)16-9-11-25(12-10-16)14-15-3-5-17(23)6-4-15/h3-8,13,16H,2,9-12,14H2,1H3,(H,24,27). The van der Waals surface area contributed by atoms with E-state index in [4.69, 9.17) is 0 Å². The minimum atomic E-state index is -0.221. The maximum Gasteiger partial charge on any atom is 0.308 e. The predicted octanol–water partition coefficient (Wildman–Crippen LogP) is 4.07. The number of nitrogens with one attached hydrogen (secondary N) is 1. The lowest BCUT2D eigenvalue weighted by atomic mass is 9.95. The van der Waals surface area contributed by atoms with Crippen LogP contribution in [-0.4, -0.2) is 28.5 Å². The van der Waals surface area contributed by atoms with E-state index < -0.39 is 0 Å². The van der Waals surface area contributed by atoms with Gasteiger partial charge in [-0.2, -0.15) is 0 Å². The van der Waals surface area contributed by atoms with Gasteiger partial charge in [-0.05, 0) is 68.8 Å². The van der Waals surface area contributed by atoms with Gasteiger partial charge in [0.2, 0.25) is 5.91 Å². The number of benzene rings is 2. The molecule has 1 aliphatic heterocycles. The van der Waals surface area contributed by atoms with Crippen LogP contribution in [0.1, 0.15) is 25.3 Å². The number of rotatable bonds is 5. The van der Waals surface area contributed by atoms with Crippen LogP contribution in [0.15, 0.2) is 47.3 Å². The van der Waals surface area contributed by atoms with Crippen molar-refractivity contribution in [1.29, 1.82) is 0 Å². The Morgan fingerprint density at radius 1 is 1.17 bits per heavy atom. The average molecular weight is 414 g/mol. The molecule has 2 heterocycles. The Morgan fingerprint density at radius 3 is 2.59 bits per heavy atom. The highest BCUT2D eigenvalue weighted by Gasteiger charge is 2.25. The molecule has 3 aromatic rings. The second-order valence-electron chi connectivity index (χ2n) is 7.46. The summed E-state index contributed by atoms with van der Waals surface area (Å²) in [7, 11) is 0. The number of aryl methyl sites for hydroxylation is 1. The zero-order chi connectivity index (χ0) is 20.4. The molecule has 1 amide bonds. The summed E-state index contributed by atoms with van der Waals surface area (Å²) in [5, 5.41) is 3.02. The molecule has 0 bridgehead atoms. The molecule has 0 radical (unpaired) electrons. The van der Waals surface area contributed by atoms with Crippen molar-refractivity contribution in [1.82, 2.24) is 9.47 Å². The Kier molecular flexibility index (Phi) is 5.78. The van der Waals surface area contributed by atoms with Crippen LogP contribution in [0.25, 0.3) is 10.2 Å². The van der Waals surface area contributed by atoms with Crippen molar-refractivity contribution >= 4 is 33.1 Å². The molecule has 7 heteroatoms. The van der Waals surface area contributed by atoms with Crippen LogP contribution in [0.4, 0.5) is 10.1 Å². The van der Waals surface area contributed by atoms with E-state index in [-0.39, 0.29) is 22.5 Å². The van der Waals surface area contributed by atoms with Gasteiger partial charge in [0.1, 0.15) is 5.82 Å². The second-order valence-corrected chi connectivity index (χ2v) is 8.45. The van der Waals surface area contributed by atoms with Gasteiger partial charge in [0.25, 0.3) is 0 Å². The molecule has 1 saturated heterocycles. The van der Waals surface area contributed by atoms with Crippen molar-refractivity contribution in [2.45, 2.75) is 32.9 Å². The minimum absolute atomic E-state index is 0.0193. The molecular weight excluding hydrogens is 389 g/mol. The van der Waals surface area contributed by atoms with E-state index in [1.54, 1.807) is 4.57 Å². The molecule has 29 heavy (non-hydrogen) atoms. The van der Waals surface area contributed by atoms with Gasteiger partial charge in [-0.15, -0.1) is 0 Å². The number of likely N-dealkylation sites (tertiary alicyclic amines) is 1. The third kappa shape index (κ3) is 4.41. The fourth-order valence-electron chi connectivity index (χ4n) is 3.89. The summed E-state index contributed by atoms with van der Waals surface area (Å²) in [5.41, 5.74) is 2.73. The molecule has 0 unspecified atom stereocenters. The summed E-state index contributed by atoms with van der Waals surface area (Å²) in [4.78, 5) is 27.0. The summed E-state index contributed by atoms with van der Waals surface area (Å²) in [5.74, 6) is -0.206. The number of thiazole rings is 1. The van der Waals surface area contributed by atoms with Gasteiger partial charge >= 0.3 is 4.87 Å². The van der Waals surface area contributed by atoms with Crippen molar-refractivity contribution in [3.8, 4) is 0 Å². The van der Waals surface area contributed by atoms with Gasteiger partial charge in [0.15, 0.2) is 0 Å². The van der Waals surface area contributed by atoms with Gasteiger partial charge in [-0.3, -0.25) is 19.1 Å². The summed E-state index contributed by atoms with van der Waals surface area (Å²) in [6.45, 7) is 5.05. The maximum absolute atomic E-state index is 13.0. The Hall–Kier alpha value is -2.51. The Balaban J connectivity index is 1.34. The minimum Gasteiger partial charge on any atom is -0.326 e. The van der Waals surface area contributed by atoms with Crippen LogP contribution in [0.3, 0.4) is 0 Å². The SMILES string of the molecule is CCn1c(=O)sc2cc(NC(=O)C3CCN(Cc4ccc(F)cc4)CC3)ccc21. The predicted molar refractivity (Wildman–Crippen MR) is 115 cm³/mol. The normalized spacial score (nSPS) is 15.7. The van der Waals surface area contributed by atoms with E-state index in [1.807, 2.05) is 37.3 Å². The van der Waals surface area contributed by atoms with Crippen molar-refractivity contribution in [2.24, 2.45) is 5.92 Å². The third-order valence-electron chi connectivity index (χ3n) is 5.53. The number of anilines is 1. The quantitative estimate of drug-likeness (QED) is 0.686. The summed E-state index contributed by atoms with van der Waals surface area (Å²) < 4.78 is 15.7. The first-order chi connectivity index (χ1) is 14.0. The largest absolute Gasteiger partial charge is 0.326 e. The van der Waals surface area contributed by atoms with Gasteiger partial charge in [-0.1, -0.05) is 23.5 Å². The van der Waals surface area contributed by atoms with E-state index in [9.17, 15) is 14.0 Å². The molecule has 1 aromatic heterocycles. The first-order valence-electron chi connectivity index (χ1n) is 9.94. The Labute approximate surface area is 172 Å². The molecule has 0 atom stereocenters. The molecule has 152 valence electrons. The van der Waals surface area contributed by atoms with E-state index in [0.717, 1.165) is 53.9 Å². The highest BCUT2D eigenvalue weighted by atomic mass is 32.1. The van der Waals surface area contributed by atoms with Gasteiger partial charge in [0.05, 0.1) is 10.2 Å². The lowest BCUT2D eigenvalue weighted by Crippen LogP contribution is -2.37. The Morgan fingerprint density at radius 2 is 1.90 bits per heavy atom. The number of nitrogens with zero attached hydrogens (tertiary/aromatic N) is 2. The van der Waals surface area contributed by atoms with E-state index in [2.05, 4.69) is 10.2 Å². The van der Waals surface area contributed by atoms with Gasteiger partial charge in [0, 0.05) is 24.7 Å². The number of fused-ring (bicyclic) bond motifs is 1. The number of piperidine rings is 1. The number of halogens is 1.